The number of rotatable bonds is 5. The van der Waals surface area contributed by atoms with E-state index in [0.29, 0.717) is 12.2 Å². The molecule has 1 aromatic carbocycles. The van der Waals surface area contributed by atoms with Gasteiger partial charge in [0.05, 0.1) is 17.3 Å². The molecule has 2 rings (SSSR count). The van der Waals surface area contributed by atoms with Gasteiger partial charge in [-0.05, 0) is 38.8 Å². The highest BCUT2D eigenvalue weighted by molar-refractivity contribution is 5.91. The van der Waals surface area contributed by atoms with Crippen molar-refractivity contribution < 1.29 is 23.4 Å². The van der Waals surface area contributed by atoms with Crippen LogP contribution in [0.4, 0.5) is 19.3 Å². The number of para-hydroxylation sites is 2. The molecule has 2 N–H and O–H groups in total. The first-order chi connectivity index (χ1) is 10.8. The second-order valence-electron chi connectivity index (χ2n) is 6.13. The monoisotopic (exact) mass is 328 g/mol. The molecule has 1 fully saturated rings. The summed E-state index contributed by atoms with van der Waals surface area (Å²) >= 11 is 0. The van der Waals surface area contributed by atoms with Crippen LogP contribution < -0.4 is 10.1 Å². The van der Waals surface area contributed by atoms with Gasteiger partial charge >= 0.3 is 6.03 Å². The summed E-state index contributed by atoms with van der Waals surface area (Å²) in [6.07, 6.45) is -1.05. The lowest BCUT2D eigenvalue weighted by Crippen LogP contribution is -2.49. The topological polar surface area (TPSA) is 61.8 Å². The van der Waals surface area contributed by atoms with Crippen LogP contribution >= 0.6 is 0 Å². The quantitative estimate of drug-likeness (QED) is 0.873. The maximum Gasteiger partial charge on any atom is 0.322 e. The zero-order valence-corrected chi connectivity index (χ0v) is 13.3. The highest BCUT2D eigenvalue weighted by atomic mass is 19.3. The van der Waals surface area contributed by atoms with Crippen molar-refractivity contribution in [2.45, 2.75) is 44.8 Å². The Bertz CT molecular complexity index is 546. The van der Waals surface area contributed by atoms with E-state index < -0.39 is 18.6 Å². The smallest absolute Gasteiger partial charge is 0.322 e. The number of hydrogen-bond acceptors (Lipinski definition) is 3. The predicted molar refractivity (Wildman–Crippen MR) is 83.0 cm³/mol. The second kappa shape index (κ2) is 7.12. The summed E-state index contributed by atoms with van der Waals surface area (Å²) < 4.78 is 29.6. The molecule has 0 saturated carbocycles. The van der Waals surface area contributed by atoms with Crippen molar-refractivity contribution in [1.82, 2.24) is 4.90 Å². The zero-order valence-electron chi connectivity index (χ0n) is 13.3. The van der Waals surface area contributed by atoms with Crippen LogP contribution in [0.15, 0.2) is 24.3 Å². The Kier molecular flexibility index (Phi) is 5.41. The van der Waals surface area contributed by atoms with Crippen molar-refractivity contribution in [2.75, 3.05) is 18.5 Å². The van der Waals surface area contributed by atoms with E-state index in [2.05, 4.69) is 5.32 Å². The number of carbonyl (C=O) groups excluding carboxylic acids is 1. The summed E-state index contributed by atoms with van der Waals surface area (Å²) in [6.45, 7) is 3.15. The minimum absolute atomic E-state index is 0.195. The number of urea groups is 1. The SMILES string of the molecule is CC(C)(O)C1CCCN1C(=O)Nc1ccccc1OCC(F)F. The van der Waals surface area contributed by atoms with Crippen molar-refractivity contribution in [3.8, 4) is 5.75 Å². The molecule has 0 spiro atoms. The third-order valence-electron chi connectivity index (χ3n) is 3.82. The van der Waals surface area contributed by atoms with Crippen molar-refractivity contribution >= 4 is 11.7 Å². The van der Waals surface area contributed by atoms with Crippen LogP contribution in [-0.2, 0) is 0 Å². The van der Waals surface area contributed by atoms with Gasteiger partial charge in [0.1, 0.15) is 12.4 Å². The highest BCUT2D eigenvalue weighted by Gasteiger charge is 2.38. The van der Waals surface area contributed by atoms with Crippen LogP contribution in [0, 0.1) is 0 Å². The number of nitrogens with one attached hydrogen (secondary N) is 1. The molecule has 0 bridgehead atoms. The minimum Gasteiger partial charge on any atom is -0.485 e. The number of alkyl halides is 2. The van der Waals surface area contributed by atoms with E-state index in [0.717, 1.165) is 12.8 Å². The molecule has 1 saturated heterocycles. The molecule has 1 unspecified atom stereocenters. The molecule has 7 heteroatoms. The minimum atomic E-state index is -2.59. The Labute approximate surface area is 134 Å². The molecular weight excluding hydrogens is 306 g/mol. The van der Waals surface area contributed by atoms with E-state index >= 15 is 0 Å². The number of amides is 2. The number of nitrogens with zero attached hydrogens (tertiary/aromatic N) is 1. The van der Waals surface area contributed by atoms with Gasteiger partial charge in [0.15, 0.2) is 0 Å². The molecular formula is C16H22F2N2O3. The van der Waals surface area contributed by atoms with Gasteiger partial charge in [-0.1, -0.05) is 12.1 Å². The highest BCUT2D eigenvalue weighted by Crippen LogP contribution is 2.29. The average molecular weight is 328 g/mol. The molecule has 1 aliphatic rings. The molecule has 0 aliphatic carbocycles. The molecule has 0 radical (unpaired) electrons. The average Bonchev–Trinajstić information content (AvgIpc) is 2.96. The number of benzene rings is 1. The van der Waals surface area contributed by atoms with Crippen molar-refractivity contribution in [3.63, 3.8) is 0 Å². The van der Waals surface area contributed by atoms with Gasteiger partial charge in [-0.3, -0.25) is 0 Å². The first-order valence-corrected chi connectivity index (χ1v) is 7.59. The molecule has 2 amide bonds. The molecule has 1 heterocycles. The van der Waals surface area contributed by atoms with Gasteiger partial charge in [0.2, 0.25) is 0 Å². The molecule has 0 aromatic heterocycles. The Morgan fingerprint density at radius 3 is 2.83 bits per heavy atom. The molecule has 23 heavy (non-hydrogen) atoms. The fourth-order valence-electron chi connectivity index (χ4n) is 2.78. The molecule has 1 atom stereocenters. The van der Waals surface area contributed by atoms with E-state index in [4.69, 9.17) is 4.74 Å². The number of halogens is 2. The van der Waals surface area contributed by atoms with Gasteiger partial charge in [-0.2, -0.15) is 0 Å². The van der Waals surface area contributed by atoms with E-state index in [1.807, 2.05) is 0 Å². The largest absolute Gasteiger partial charge is 0.485 e. The number of carbonyl (C=O) groups is 1. The fourth-order valence-corrected chi connectivity index (χ4v) is 2.78. The van der Waals surface area contributed by atoms with Crippen LogP contribution in [0.1, 0.15) is 26.7 Å². The van der Waals surface area contributed by atoms with Crippen LogP contribution in [0.3, 0.4) is 0 Å². The summed E-state index contributed by atoms with van der Waals surface area (Å²) in [7, 11) is 0. The van der Waals surface area contributed by atoms with E-state index in [1.165, 1.54) is 6.07 Å². The summed E-state index contributed by atoms with van der Waals surface area (Å²) in [5, 5.41) is 12.9. The number of ether oxygens (including phenoxy) is 1. The van der Waals surface area contributed by atoms with Crippen molar-refractivity contribution in [3.05, 3.63) is 24.3 Å². The van der Waals surface area contributed by atoms with E-state index in [-0.39, 0.29) is 17.8 Å². The lowest BCUT2D eigenvalue weighted by atomic mass is 9.97. The van der Waals surface area contributed by atoms with Crippen LogP contribution in [-0.4, -0.2) is 47.3 Å². The van der Waals surface area contributed by atoms with Crippen LogP contribution in [0.25, 0.3) is 0 Å². The number of aliphatic hydroxyl groups is 1. The summed E-state index contributed by atoms with van der Waals surface area (Å²) in [5.74, 6) is 0.195. The fraction of sp³-hybridized carbons (Fsp3) is 0.562. The molecule has 5 nitrogen and oxygen atoms in total. The number of hydrogen-bond donors (Lipinski definition) is 2. The molecule has 1 aromatic rings. The standard InChI is InChI=1S/C16H22F2N2O3/c1-16(2,22)13-8-5-9-20(13)15(21)19-11-6-3-4-7-12(11)23-10-14(17)18/h3-4,6-7,13-14,22H,5,8-10H2,1-2H3,(H,19,21). The van der Waals surface area contributed by atoms with Gasteiger partial charge in [-0.15, -0.1) is 0 Å². The van der Waals surface area contributed by atoms with Crippen LogP contribution in [0.5, 0.6) is 5.75 Å². The first-order valence-electron chi connectivity index (χ1n) is 7.59. The van der Waals surface area contributed by atoms with E-state index in [9.17, 15) is 18.7 Å². The zero-order chi connectivity index (χ0) is 17.0. The van der Waals surface area contributed by atoms with Crippen molar-refractivity contribution in [2.24, 2.45) is 0 Å². The maximum absolute atomic E-state index is 12.5. The van der Waals surface area contributed by atoms with Crippen LogP contribution in [0.2, 0.25) is 0 Å². The maximum atomic E-state index is 12.5. The Morgan fingerprint density at radius 2 is 2.17 bits per heavy atom. The normalized spacial score (nSPS) is 18.3. The van der Waals surface area contributed by atoms with Gasteiger partial charge in [0.25, 0.3) is 6.43 Å². The first kappa shape index (κ1) is 17.5. The predicted octanol–water partition coefficient (Wildman–Crippen LogP) is 3.10. The Hall–Kier alpha value is -1.89. The van der Waals surface area contributed by atoms with Gasteiger partial charge in [-0.25, -0.2) is 13.6 Å². The van der Waals surface area contributed by atoms with Crippen molar-refractivity contribution in [1.29, 1.82) is 0 Å². The number of likely N-dealkylation sites (tertiary alicyclic amines) is 1. The van der Waals surface area contributed by atoms with Gasteiger partial charge < -0.3 is 20.1 Å². The van der Waals surface area contributed by atoms with Gasteiger partial charge in [0, 0.05) is 6.54 Å². The molecule has 1 aliphatic heterocycles. The number of anilines is 1. The third-order valence-corrected chi connectivity index (χ3v) is 3.82. The lowest BCUT2D eigenvalue weighted by Gasteiger charge is -2.33. The Morgan fingerprint density at radius 1 is 1.48 bits per heavy atom. The summed E-state index contributed by atoms with van der Waals surface area (Å²) in [5.41, 5.74) is -0.668. The van der Waals surface area contributed by atoms with E-state index in [1.54, 1.807) is 36.9 Å². The summed E-state index contributed by atoms with van der Waals surface area (Å²) in [6, 6.07) is 5.79. The molecule has 128 valence electrons. The third kappa shape index (κ3) is 4.54. The summed E-state index contributed by atoms with van der Waals surface area (Å²) in [4.78, 5) is 14.0. The Balaban J connectivity index is 2.08. The second-order valence-corrected chi connectivity index (χ2v) is 6.13. The lowest BCUT2D eigenvalue weighted by molar-refractivity contribution is 0.0117.